The number of nitrogens with one attached hydrogen (secondary N) is 1. The lowest BCUT2D eigenvalue weighted by molar-refractivity contribution is -0.142. The highest BCUT2D eigenvalue weighted by molar-refractivity contribution is 7.09. The SMILES string of the molecule is O=C(NC1CCCCC1)[C@@H](c1ccccc1F)N(Cc1cccs1)C(=O)Cn1nnc2ccccc21. The van der Waals surface area contributed by atoms with Crippen LogP contribution in [0.5, 0.6) is 0 Å². The number of hydrogen-bond donors (Lipinski definition) is 1. The molecule has 1 atom stereocenters. The van der Waals surface area contributed by atoms with Crippen molar-refractivity contribution in [2.24, 2.45) is 0 Å². The minimum Gasteiger partial charge on any atom is -0.351 e. The Morgan fingerprint density at radius 3 is 2.61 bits per heavy atom. The van der Waals surface area contributed by atoms with Crippen molar-refractivity contribution in [3.63, 3.8) is 0 Å². The molecule has 186 valence electrons. The molecule has 5 rings (SSSR count). The third-order valence-corrected chi connectivity index (χ3v) is 7.50. The van der Waals surface area contributed by atoms with Gasteiger partial charge in [-0.25, -0.2) is 9.07 Å². The molecule has 1 aliphatic rings. The van der Waals surface area contributed by atoms with Gasteiger partial charge in [0.25, 0.3) is 0 Å². The van der Waals surface area contributed by atoms with Crippen molar-refractivity contribution in [3.8, 4) is 0 Å². The van der Waals surface area contributed by atoms with Crippen LogP contribution in [0, 0.1) is 5.82 Å². The van der Waals surface area contributed by atoms with Crippen LogP contribution >= 0.6 is 11.3 Å². The summed E-state index contributed by atoms with van der Waals surface area (Å²) in [4.78, 5) is 30.0. The molecular weight excluding hydrogens is 477 g/mol. The van der Waals surface area contributed by atoms with E-state index in [1.807, 2.05) is 41.8 Å². The summed E-state index contributed by atoms with van der Waals surface area (Å²) in [5.41, 5.74) is 1.57. The lowest BCUT2D eigenvalue weighted by Gasteiger charge is -2.33. The predicted molar refractivity (Wildman–Crippen MR) is 137 cm³/mol. The van der Waals surface area contributed by atoms with Crippen molar-refractivity contribution in [2.75, 3.05) is 0 Å². The number of carbonyl (C=O) groups excluding carboxylic acids is 2. The maximum absolute atomic E-state index is 15.1. The third kappa shape index (κ3) is 5.31. The van der Waals surface area contributed by atoms with E-state index in [0.29, 0.717) is 5.52 Å². The number of thiophene rings is 1. The Bertz CT molecular complexity index is 1330. The summed E-state index contributed by atoms with van der Waals surface area (Å²) in [5.74, 6) is -1.22. The van der Waals surface area contributed by atoms with Gasteiger partial charge in [-0.2, -0.15) is 0 Å². The van der Waals surface area contributed by atoms with Crippen LogP contribution < -0.4 is 5.32 Å². The topological polar surface area (TPSA) is 80.1 Å². The van der Waals surface area contributed by atoms with Crippen LogP contribution in [0.15, 0.2) is 66.0 Å². The maximum Gasteiger partial charge on any atom is 0.247 e. The Labute approximate surface area is 212 Å². The molecule has 1 aliphatic carbocycles. The summed E-state index contributed by atoms with van der Waals surface area (Å²) in [5, 5.41) is 13.3. The van der Waals surface area contributed by atoms with E-state index in [1.165, 1.54) is 27.0 Å². The molecule has 0 radical (unpaired) electrons. The zero-order chi connectivity index (χ0) is 24.9. The number of carbonyl (C=O) groups is 2. The molecule has 1 fully saturated rings. The van der Waals surface area contributed by atoms with Gasteiger partial charge in [-0.1, -0.05) is 60.9 Å². The molecule has 0 unspecified atom stereocenters. The van der Waals surface area contributed by atoms with Crippen LogP contribution in [0.3, 0.4) is 0 Å². The molecular formula is C27H28FN5O2S. The number of nitrogens with zero attached hydrogens (tertiary/aromatic N) is 4. The first kappa shape index (κ1) is 24.1. The normalized spacial score (nSPS) is 15.0. The van der Waals surface area contributed by atoms with Crippen LogP contribution in [0.4, 0.5) is 4.39 Å². The minimum absolute atomic E-state index is 0.0264. The molecule has 2 aromatic carbocycles. The van der Waals surface area contributed by atoms with Gasteiger partial charge in [0, 0.05) is 16.5 Å². The largest absolute Gasteiger partial charge is 0.351 e. The molecule has 36 heavy (non-hydrogen) atoms. The fourth-order valence-electron chi connectivity index (χ4n) is 4.82. The summed E-state index contributed by atoms with van der Waals surface area (Å²) in [7, 11) is 0. The average molecular weight is 506 g/mol. The van der Waals surface area contributed by atoms with E-state index < -0.39 is 11.9 Å². The Kier molecular flexibility index (Phi) is 7.36. The maximum atomic E-state index is 15.1. The molecule has 2 heterocycles. The van der Waals surface area contributed by atoms with Crippen molar-refractivity contribution in [3.05, 3.63) is 82.3 Å². The fraction of sp³-hybridized carbons (Fsp3) is 0.333. The number of hydrogen-bond acceptors (Lipinski definition) is 5. The molecule has 1 saturated carbocycles. The standard InChI is InChI=1S/C27H28FN5O2S/c28-22-13-5-4-12-21(22)26(27(35)29-19-9-2-1-3-10-19)32(17-20-11-8-16-36-20)25(34)18-33-24-15-7-6-14-23(24)30-31-33/h4-8,11-16,19,26H,1-3,9-10,17-18H2,(H,29,35)/t26-/m1/s1. The number of rotatable bonds is 8. The van der Waals surface area contributed by atoms with E-state index in [9.17, 15) is 9.59 Å². The van der Waals surface area contributed by atoms with Gasteiger partial charge in [-0.15, -0.1) is 16.4 Å². The van der Waals surface area contributed by atoms with Gasteiger partial charge in [0.15, 0.2) is 0 Å². The van der Waals surface area contributed by atoms with Gasteiger partial charge in [-0.05, 0) is 42.5 Å². The van der Waals surface area contributed by atoms with E-state index >= 15 is 4.39 Å². The summed E-state index contributed by atoms with van der Waals surface area (Å²) in [6, 6.07) is 16.3. The molecule has 9 heteroatoms. The first-order valence-electron chi connectivity index (χ1n) is 12.2. The summed E-state index contributed by atoms with van der Waals surface area (Å²) < 4.78 is 16.6. The highest BCUT2D eigenvalue weighted by Crippen LogP contribution is 2.29. The van der Waals surface area contributed by atoms with E-state index in [-0.39, 0.29) is 36.5 Å². The quantitative estimate of drug-likeness (QED) is 0.371. The van der Waals surface area contributed by atoms with Crippen molar-refractivity contribution in [2.45, 2.75) is 57.3 Å². The van der Waals surface area contributed by atoms with Gasteiger partial charge in [-0.3, -0.25) is 9.59 Å². The second kappa shape index (κ2) is 11.0. The van der Waals surface area contributed by atoms with Crippen LogP contribution in [0.25, 0.3) is 11.0 Å². The monoisotopic (exact) mass is 505 g/mol. The van der Waals surface area contributed by atoms with Gasteiger partial charge in [0.2, 0.25) is 11.8 Å². The zero-order valence-electron chi connectivity index (χ0n) is 19.8. The summed E-state index contributed by atoms with van der Waals surface area (Å²) >= 11 is 1.49. The van der Waals surface area contributed by atoms with Crippen LogP contribution in [0.2, 0.25) is 0 Å². The van der Waals surface area contributed by atoms with Gasteiger partial charge in [0.05, 0.1) is 12.1 Å². The van der Waals surface area contributed by atoms with Crippen molar-refractivity contribution < 1.29 is 14.0 Å². The fourth-order valence-corrected chi connectivity index (χ4v) is 5.52. The van der Waals surface area contributed by atoms with Crippen LogP contribution in [0.1, 0.15) is 48.6 Å². The zero-order valence-corrected chi connectivity index (χ0v) is 20.7. The van der Waals surface area contributed by atoms with Crippen molar-refractivity contribution >= 4 is 34.2 Å². The lowest BCUT2D eigenvalue weighted by atomic mass is 9.94. The van der Waals surface area contributed by atoms with Crippen LogP contribution in [-0.4, -0.2) is 37.7 Å². The number of fused-ring (bicyclic) bond motifs is 1. The summed E-state index contributed by atoms with van der Waals surface area (Å²) in [6.45, 7) is 0.0633. The first-order chi connectivity index (χ1) is 17.6. The van der Waals surface area contributed by atoms with Crippen molar-refractivity contribution in [1.82, 2.24) is 25.2 Å². The molecule has 0 aliphatic heterocycles. The Morgan fingerprint density at radius 1 is 1.06 bits per heavy atom. The Hall–Kier alpha value is -3.59. The first-order valence-corrected chi connectivity index (χ1v) is 13.1. The predicted octanol–water partition coefficient (Wildman–Crippen LogP) is 4.85. The van der Waals surface area contributed by atoms with E-state index in [2.05, 4.69) is 15.6 Å². The molecule has 2 aromatic heterocycles. The highest BCUT2D eigenvalue weighted by Gasteiger charge is 2.35. The molecule has 0 bridgehead atoms. The van der Waals surface area contributed by atoms with E-state index in [4.69, 9.17) is 0 Å². The Balaban J connectivity index is 1.51. The molecule has 7 nitrogen and oxygen atoms in total. The van der Waals surface area contributed by atoms with Gasteiger partial charge < -0.3 is 10.2 Å². The molecule has 1 N–H and O–H groups in total. The van der Waals surface area contributed by atoms with Crippen molar-refractivity contribution in [1.29, 1.82) is 0 Å². The minimum atomic E-state index is -1.11. The second-order valence-corrected chi connectivity index (χ2v) is 10.1. The Morgan fingerprint density at radius 2 is 1.83 bits per heavy atom. The summed E-state index contributed by atoms with van der Waals surface area (Å²) in [6.07, 6.45) is 5.02. The molecule has 2 amide bonds. The third-order valence-electron chi connectivity index (χ3n) is 6.64. The van der Waals surface area contributed by atoms with Crippen LogP contribution in [-0.2, 0) is 22.7 Å². The molecule has 0 spiro atoms. The lowest BCUT2D eigenvalue weighted by Crippen LogP contribution is -2.47. The number of aromatic nitrogens is 3. The van der Waals surface area contributed by atoms with E-state index in [0.717, 1.165) is 42.5 Å². The number of amides is 2. The number of halogens is 1. The smallest absolute Gasteiger partial charge is 0.247 e. The number of benzene rings is 2. The van der Waals surface area contributed by atoms with E-state index in [1.54, 1.807) is 18.2 Å². The average Bonchev–Trinajstić information content (AvgIpc) is 3.55. The second-order valence-electron chi connectivity index (χ2n) is 9.10. The van der Waals surface area contributed by atoms with Gasteiger partial charge >= 0.3 is 0 Å². The molecule has 4 aromatic rings. The number of para-hydroxylation sites is 1. The van der Waals surface area contributed by atoms with Gasteiger partial charge in [0.1, 0.15) is 23.9 Å². The molecule has 0 saturated heterocycles. The highest BCUT2D eigenvalue weighted by atomic mass is 32.1.